The summed E-state index contributed by atoms with van der Waals surface area (Å²) >= 11 is 6.03. The van der Waals surface area contributed by atoms with Crippen molar-refractivity contribution in [3.63, 3.8) is 0 Å². The van der Waals surface area contributed by atoms with Crippen molar-refractivity contribution in [1.29, 1.82) is 0 Å². The van der Waals surface area contributed by atoms with Gasteiger partial charge in [0.15, 0.2) is 0 Å². The van der Waals surface area contributed by atoms with E-state index in [1.54, 1.807) is 41.3 Å². The number of carbonyl (C=O) groups excluding carboxylic acids is 2. The van der Waals surface area contributed by atoms with Crippen molar-refractivity contribution in [2.75, 3.05) is 0 Å². The molecule has 0 saturated heterocycles. The molecule has 4 aromatic carbocycles. The van der Waals surface area contributed by atoms with Gasteiger partial charge in [0.25, 0.3) is 0 Å². The average molecular weight is 630 g/mol. The Morgan fingerprint density at radius 3 is 1.98 bits per heavy atom. The number of sulfonamides is 1. The molecule has 9 heteroatoms. The number of nitrogens with zero attached hydrogens (tertiary/aromatic N) is 1. The van der Waals surface area contributed by atoms with Gasteiger partial charge in [0.05, 0.1) is 4.90 Å². The topological polar surface area (TPSA) is 95.6 Å². The zero-order chi connectivity index (χ0) is 30.9. The molecular weight excluding hydrogens is 594 g/mol. The minimum absolute atomic E-state index is 0.0279. The van der Waals surface area contributed by atoms with Gasteiger partial charge in [0, 0.05) is 37.0 Å². The molecule has 0 unspecified atom stereocenters. The maximum Gasteiger partial charge on any atom is 0.243 e. The van der Waals surface area contributed by atoms with Crippen molar-refractivity contribution >= 4 is 33.4 Å². The third-order valence-electron chi connectivity index (χ3n) is 7.61. The van der Waals surface area contributed by atoms with Crippen LogP contribution < -0.4 is 10.0 Å². The summed E-state index contributed by atoms with van der Waals surface area (Å²) in [6.07, 6.45) is 2.65. The third-order valence-corrected chi connectivity index (χ3v) is 9.40. The summed E-state index contributed by atoms with van der Waals surface area (Å²) in [6, 6.07) is 32.5. The Morgan fingerprint density at radius 2 is 1.36 bits per heavy atom. The summed E-state index contributed by atoms with van der Waals surface area (Å²) in [4.78, 5) is 29.6. The molecule has 1 aliphatic rings. The fourth-order valence-corrected chi connectivity index (χ4v) is 6.39. The zero-order valence-corrected chi connectivity index (χ0v) is 25.9. The van der Waals surface area contributed by atoms with Gasteiger partial charge in [-0.25, -0.2) is 13.1 Å². The fraction of sp³-hybridized carbons (Fsp3) is 0.257. The summed E-state index contributed by atoms with van der Waals surface area (Å²) in [5.41, 5.74) is 3.61. The molecule has 0 aromatic heterocycles. The average Bonchev–Trinajstić information content (AvgIpc) is 3.85. The van der Waals surface area contributed by atoms with Crippen LogP contribution in [0, 0.1) is 0 Å². The number of carbonyl (C=O) groups is 2. The molecule has 0 aliphatic heterocycles. The highest BCUT2D eigenvalue weighted by atomic mass is 35.5. The summed E-state index contributed by atoms with van der Waals surface area (Å²) in [6.45, 7) is 0.578. The molecule has 1 atom stereocenters. The van der Waals surface area contributed by atoms with Crippen LogP contribution >= 0.6 is 11.6 Å². The quantitative estimate of drug-likeness (QED) is 0.188. The number of hydrogen-bond donors (Lipinski definition) is 2. The SMILES string of the molecule is O=C(NCc1ccc(Cl)cc1)[C@H](Cc1ccccc1)N(Cc1ccccc1)C(=O)CCc1ccc(S(=O)(=O)NC2CC2)cc1. The number of hydrogen-bond acceptors (Lipinski definition) is 4. The molecule has 2 N–H and O–H groups in total. The maximum atomic E-state index is 13.9. The van der Waals surface area contributed by atoms with Crippen molar-refractivity contribution in [3.8, 4) is 0 Å². The van der Waals surface area contributed by atoms with Crippen LogP contribution in [0.2, 0.25) is 5.02 Å². The van der Waals surface area contributed by atoms with E-state index >= 15 is 0 Å². The molecule has 4 aromatic rings. The van der Waals surface area contributed by atoms with E-state index in [1.807, 2.05) is 72.8 Å². The molecular formula is C35H36ClN3O4S. The van der Waals surface area contributed by atoms with Gasteiger partial charge in [0.1, 0.15) is 6.04 Å². The minimum Gasteiger partial charge on any atom is -0.350 e. The Morgan fingerprint density at radius 1 is 0.773 bits per heavy atom. The number of benzene rings is 4. The number of aryl methyl sites for hydroxylation is 1. The number of nitrogens with one attached hydrogen (secondary N) is 2. The second-order valence-electron chi connectivity index (χ2n) is 11.1. The number of halogens is 1. The second kappa shape index (κ2) is 14.7. The lowest BCUT2D eigenvalue weighted by atomic mass is 10.0. The van der Waals surface area contributed by atoms with E-state index in [2.05, 4.69) is 10.0 Å². The summed E-state index contributed by atoms with van der Waals surface area (Å²) in [7, 11) is -3.55. The Hall–Kier alpha value is -3.98. The van der Waals surface area contributed by atoms with Crippen LogP contribution in [-0.2, 0) is 45.5 Å². The minimum atomic E-state index is -3.55. The monoisotopic (exact) mass is 629 g/mol. The zero-order valence-electron chi connectivity index (χ0n) is 24.4. The van der Waals surface area contributed by atoms with Crippen LogP contribution in [0.1, 0.15) is 41.5 Å². The van der Waals surface area contributed by atoms with Crippen molar-refractivity contribution in [2.24, 2.45) is 0 Å². The number of amides is 2. The highest BCUT2D eigenvalue weighted by molar-refractivity contribution is 7.89. The van der Waals surface area contributed by atoms with E-state index < -0.39 is 16.1 Å². The first-order chi connectivity index (χ1) is 21.3. The van der Waals surface area contributed by atoms with Gasteiger partial charge in [-0.15, -0.1) is 0 Å². The Labute approximate surface area is 264 Å². The van der Waals surface area contributed by atoms with Crippen molar-refractivity contribution < 1.29 is 18.0 Å². The molecule has 1 fully saturated rings. The van der Waals surface area contributed by atoms with E-state index in [0.717, 1.165) is 35.1 Å². The first kappa shape index (κ1) is 31.4. The lowest BCUT2D eigenvalue weighted by Gasteiger charge is -2.31. The standard InChI is InChI=1S/C35H36ClN3O4S/c36-30-16-11-28(12-17-30)24-37-35(41)33(23-27-7-3-1-4-8-27)39(25-29-9-5-2-6-10-29)34(40)22-15-26-13-20-32(21-14-26)44(42,43)38-31-18-19-31/h1-14,16-17,20-21,31,33,38H,15,18-19,22-25H2,(H,37,41)/t33-/m0/s1. The molecule has 5 rings (SSSR count). The lowest BCUT2D eigenvalue weighted by Crippen LogP contribution is -2.50. The van der Waals surface area contributed by atoms with Gasteiger partial charge < -0.3 is 10.2 Å². The molecule has 0 heterocycles. The molecule has 7 nitrogen and oxygen atoms in total. The predicted octanol–water partition coefficient (Wildman–Crippen LogP) is 5.67. The third kappa shape index (κ3) is 9.02. The number of rotatable bonds is 14. The second-order valence-corrected chi connectivity index (χ2v) is 13.2. The first-order valence-corrected chi connectivity index (χ1v) is 16.6. The maximum absolute atomic E-state index is 13.9. The van der Waals surface area contributed by atoms with E-state index in [-0.39, 0.29) is 35.7 Å². The van der Waals surface area contributed by atoms with E-state index in [0.29, 0.717) is 24.4 Å². The Kier molecular flexibility index (Phi) is 10.5. The molecule has 44 heavy (non-hydrogen) atoms. The molecule has 0 radical (unpaired) electrons. The highest BCUT2D eigenvalue weighted by Crippen LogP contribution is 2.23. The summed E-state index contributed by atoms with van der Waals surface area (Å²) in [5.74, 6) is -0.408. The smallest absolute Gasteiger partial charge is 0.243 e. The van der Waals surface area contributed by atoms with Crippen LogP contribution in [-0.4, -0.2) is 37.2 Å². The van der Waals surface area contributed by atoms with E-state index in [1.165, 1.54) is 0 Å². The predicted molar refractivity (Wildman–Crippen MR) is 172 cm³/mol. The van der Waals surface area contributed by atoms with E-state index in [9.17, 15) is 18.0 Å². The Balaban J connectivity index is 1.34. The summed E-state index contributed by atoms with van der Waals surface area (Å²) < 4.78 is 27.8. The van der Waals surface area contributed by atoms with Crippen LogP contribution in [0.25, 0.3) is 0 Å². The first-order valence-electron chi connectivity index (χ1n) is 14.8. The van der Waals surface area contributed by atoms with Gasteiger partial charge in [0.2, 0.25) is 21.8 Å². The van der Waals surface area contributed by atoms with Crippen molar-refractivity contribution in [3.05, 3.63) is 136 Å². The van der Waals surface area contributed by atoms with Crippen molar-refractivity contribution in [1.82, 2.24) is 14.9 Å². The van der Waals surface area contributed by atoms with Gasteiger partial charge >= 0.3 is 0 Å². The summed E-state index contributed by atoms with van der Waals surface area (Å²) in [5, 5.41) is 3.65. The molecule has 228 valence electrons. The molecule has 0 spiro atoms. The van der Waals surface area contributed by atoms with Gasteiger partial charge in [-0.05, 0) is 65.8 Å². The van der Waals surface area contributed by atoms with Gasteiger partial charge in [-0.2, -0.15) is 0 Å². The van der Waals surface area contributed by atoms with Crippen LogP contribution in [0.5, 0.6) is 0 Å². The van der Waals surface area contributed by atoms with Gasteiger partial charge in [-0.3, -0.25) is 9.59 Å². The van der Waals surface area contributed by atoms with Crippen molar-refractivity contribution in [2.45, 2.75) is 62.2 Å². The van der Waals surface area contributed by atoms with Crippen LogP contribution in [0.3, 0.4) is 0 Å². The normalized spacial score (nSPS) is 13.7. The molecule has 1 aliphatic carbocycles. The van der Waals surface area contributed by atoms with Crippen LogP contribution in [0.4, 0.5) is 0 Å². The van der Waals surface area contributed by atoms with E-state index in [4.69, 9.17) is 11.6 Å². The molecule has 1 saturated carbocycles. The lowest BCUT2D eigenvalue weighted by molar-refractivity contribution is -0.141. The molecule has 2 amide bonds. The Bertz CT molecular complexity index is 1640. The fourth-order valence-electron chi connectivity index (χ4n) is 4.96. The van der Waals surface area contributed by atoms with Gasteiger partial charge in [-0.1, -0.05) is 96.5 Å². The highest BCUT2D eigenvalue weighted by Gasteiger charge is 2.31. The largest absolute Gasteiger partial charge is 0.350 e. The van der Waals surface area contributed by atoms with Crippen LogP contribution in [0.15, 0.2) is 114 Å². The molecule has 0 bridgehead atoms.